The zero-order valence-electron chi connectivity index (χ0n) is 6.09. The quantitative estimate of drug-likeness (QED) is 0.386. The molecule has 1 N–H and O–H groups in total. The molecule has 0 fully saturated rings. The van der Waals surface area contributed by atoms with Crippen LogP contribution in [0.2, 0.25) is 0 Å². The van der Waals surface area contributed by atoms with Gasteiger partial charge in [0.2, 0.25) is 0 Å². The molecular weight excluding hydrogens is 166 g/mol. The standard InChI is InChI=1S/C6H13NOS2/c1-2-3-4-5-7-10-6(8)9/h7H,2-5H2,1H3,(H,8,9). The molecule has 0 spiro atoms. The van der Waals surface area contributed by atoms with E-state index in [4.69, 9.17) is 0 Å². The molecule has 0 rings (SSSR count). The van der Waals surface area contributed by atoms with E-state index in [1.54, 1.807) is 0 Å². The summed E-state index contributed by atoms with van der Waals surface area (Å²) in [6, 6.07) is 0. The number of hydrogen-bond acceptors (Lipinski definition) is 3. The van der Waals surface area contributed by atoms with Crippen LogP contribution in [-0.2, 0) is 0 Å². The van der Waals surface area contributed by atoms with E-state index in [0.717, 1.165) is 24.9 Å². The molecule has 0 radical (unpaired) electrons. The second-order valence-corrected chi connectivity index (χ2v) is 3.54. The minimum atomic E-state index is -0.170. The van der Waals surface area contributed by atoms with Gasteiger partial charge in [-0.15, -0.1) is 0 Å². The van der Waals surface area contributed by atoms with Gasteiger partial charge in [-0.3, -0.25) is 9.52 Å². The van der Waals surface area contributed by atoms with E-state index in [1.807, 2.05) is 0 Å². The van der Waals surface area contributed by atoms with Gasteiger partial charge in [0.15, 0.2) is 0 Å². The van der Waals surface area contributed by atoms with Gasteiger partial charge in [0.25, 0.3) is 4.45 Å². The van der Waals surface area contributed by atoms with Crippen molar-refractivity contribution in [2.24, 2.45) is 0 Å². The Hall–Kier alpha value is 0.330. The van der Waals surface area contributed by atoms with E-state index in [0.29, 0.717) is 0 Å². The molecule has 0 bridgehead atoms. The van der Waals surface area contributed by atoms with Crippen LogP contribution in [0.25, 0.3) is 0 Å². The Morgan fingerprint density at radius 3 is 2.80 bits per heavy atom. The predicted octanol–water partition coefficient (Wildman–Crippen LogP) is 2.46. The summed E-state index contributed by atoms with van der Waals surface area (Å²) < 4.78 is 2.74. The molecule has 0 aromatic heterocycles. The third kappa shape index (κ3) is 8.33. The minimum Gasteiger partial charge on any atom is -0.273 e. The molecular formula is C6H13NOS2. The Labute approximate surface area is 71.7 Å². The highest BCUT2D eigenvalue weighted by molar-refractivity contribution is 8.31. The van der Waals surface area contributed by atoms with Crippen LogP contribution >= 0.6 is 24.6 Å². The van der Waals surface area contributed by atoms with Crippen LogP contribution in [-0.4, -0.2) is 11.0 Å². The molecule has 0 aliphatic heterocycles. The van der Waals surface area contributed by atoms with Crippen molar-refractivity contribution in [1.82, 2.24) is 4.72 Å². The van der Waals surface area contributed by atoms with Gasteiger partial charge in [-0.1, -0.05) is 32.4 Å². The maximum Gasteiger partial charge on any atom is 0.257 e. The van der Waals surface area contributed by atoms with Crippen LogP contribution < -0.4 is 4.72 Å². The first-order valence-corrected chi connectivity index (χ1v) is 4.66. The third-order valence-corrected chi connectivity index (χ3v) is 1.84. The molecule has 0 aromatic rings. The van der Waals surface area contributed by atoms with Crippen LogP contribution in [0.1, 0.15) is 26.2 Å². The lowest BCUT2D eigenvalue weighted by Crippen LogP contribution is -2.06. The molecule has 0 aliphatic carbocycles. The Kier molecular flexibility index (Phi) is 7.68. The fourth-order valence-electron chi connectivity index (χ4n) is 0.560. The molecule has 4 heteroatoms. The van der Waals surface area contributed by atoms with Crippen LogP contribution in [0.3, 0.4) is 0 Å². The van der Waals surface area contributed by atoms with Crippen molar-refractivity contribution in [2.45, 2.75) is 26.2 Å². The van der Waals surface area contributed by atoms with Gasteiger partial charge >= 0.3 is 0 Å². The number of carbonyl (C=O) groups excluding carboxylic acids is 1. The average molecular weight is 179 g/mol. The van der Waals surface area contributed by atoms with E-state index in [-0.39, 0.29) is 4.45 Å². The summed E-state index contributed by atoms with van der Waals surface area (Å²) in [5, 5.41) is 0. The lowest BCUT2D eigenvalue weighted by atomic mass is 10.3. The van der Waals surface area contributed by atoms with Crippen molar-refractivity contribution in [3.8, 4) is 0 Å². The predicted molar refractivity (Wildman–Crippen MR) is 49.5 cm³/mol. The van der Waals surface area contributed by atoms with Crippen molar-refractivity contribution < 1.29 is 4.79 Å². The molecule has 0 saturated heterocycles. The van der Waals surface area contributed by atoms with Crippen molar-refractivity contribution in [3.05, 3.63) is 0 Å². The Morgan fingerprint density at radius 2 is 2.30 bits per heavy atom. The molecule has 0 unspecified atom stereocenters. The van der Waals surface area contributed by atoms with Gasteiger partial charge in [0, 0.05) is 18.5 Å². The molecule has 0 aromatic carbocycles. The smallest absolute Gasteiger partial charge is 0.257 e. The summed E-state index contributed by atoms with van der Waals surface area (Å²) in [6.07, 6.45) is 3.56. The molecule has 10 heavy (non-hydrogen) atoms. The highest BCUT2D eigenvalue weighted by Crippen LogP contribution is 2.01. The Morgan fingerprint density at radius 1 is 1.60 bits per heavy atom. The van der Waals surface area contributed by atoms with Gasteiger partial charge in [-0.2, -0.15) is 0 Å². The summed E-state index contributed by atoms with van der Waals surface area (Å²) in [5.41, 5.74) is 0. The largest absolute Gasteiger partial charge is 0.273 e. The number of hydrogen-bond donors (Lipinski definition) is 2. The fraction of sp³-hybridized carbons (Fsp3) is 0.833. The first-order chi connectivity index (χ1) is 4.77. The second-order valence-electron chi connectivity index (χ2n) is 1.97. The topological polar surface area (TPSA) is 29.1 Å². The lowest BCUT2D eigenvalue weighted by molar-refractivity contribution is 0.277. The molecule has 0 heterocycles. The van der Waals surface area contributed by atoms with Gasteiger partial charge in [0.05, 0.1) is 0 Å². The zero-order chi connectivity index (χ0) is 7.82. The second kappa shape index (κ2) is 7.44. The van der Waals surface area contributed by atoms with Crippen molar-refractivity contribution in [2.75, 3.05) is 6.54 Å². The van der Waals surface area contributed by atoms with Crippen LogP contribution in [0.4, 0.5) is 4.79 Å². The van der Waals surface area contributed by atoms with Crippen LogP contribution in [0, 0.1) is 0 Å². The minimum absolute atomic E-state index is 0.170. The van der Waals surface area contributed by atoms with Gasteiger partial charge in [-0.25, -0.2) is 0 Å². The number of unbranched alkanes of at least 4 members (excludes halogenated alkanes) is 2. The van der Waals surface area contributed by atoms with E-state index in [9.17, 15) is 4.79 Å². The summed E-state index contributed by atoms with van der Waals surface area (Å²) in [7, 11) is 0. The highest BCUT2D eigenvalue weighted by Gasteiger charge is 1.92. The van der Waals surface area contributed by atoms with Crippen molar-refractivity contribution in [1.29, 1.82) is 0 Å². The SMILES string of the molecule is CCCCCNSC(=O)S. The molecule has 0 atom stereocenters. The van der Waals surface area contributed by atoms with E-state index in [1.165, 1.54) is 12.8 Å². The maximum absolute atomic E-state index is 10.2. The lowest BCUT2D eigenvalue weighted by Gasteiger charge is -1.97. The molecule has 0 aliphatic rings. The first kappa shape index (κ1) is 10.3. The molecule has 0 saturated carbocycles. The van der Waals surface area contributed by atoms with Gasteiger partial charge in [-0.05, 0) is 6.42 Å². The normalized spacial score (nSPS) is 9.80. The molecule has 60 valence electrons. The molecule has 0 amide bonds. The van der Waals surface area contributed by atoms with Gasteiger partial charge in [0.1, 0.15) is 0 Å². The van der Waals surface area contributed by atoms with E-state index in [2.05, 4.69) is 24.3 Å². The Balaban J connectivity index is 2.84. The van der Waals surface area contributed by atoms with E-state index < -0.39 is 0 Å². The average Bonchev–Trinajstić information content (AvgIpc) is 1.87. The Bertz CT molecular complexity index is 97.7. The summed E-state index contributed by atoms with van der Waals surface area (Å²) in [4.78, 5) is 10.2. The third-order valence-electron chi connectivity index (χ3n) is 1.04. The van der Waals surface area contributed by atoms with Crippen LogP contribution in [0.5, 0.6) is 0 Å². The monoisotopic (exact) mass is 179 g/mol. The zero-order valence-corrected chi connectivity index (χ0v) is 7.80. The van der Waals surface area contributed by atoms with Crippen LogP contribution in [0.15, 0.2) is 0 Å². The summed E-state index contributed by atoms with van der Waals surface area (Å²) >= 11 is 4.64. The van der Waals surface area contributed by atoms with Gasteiger partial charge < -0.3 is 0 Å². The first-order valence-electron chi connectivity index (χ1n) is 3.40. The molecule has 2 nitrogen and oxygen atoms in total. The number of thiol groups is 1. The number of carbonyl (C=O) groups is 1. The number of nitrogens with one attached hydrogen (secondary N) is 1. The maximum atomic E-state index is 10.2. The summed E-state index contributed by atoms with van der Waals surface area (Å²) in [6.45, 7) is 3.04. The fourth-order valence-corrected chi connectivity index (χ4v) is 1.12. The van der Waals surface area contributed by atoms with Crippen molar-refractivity contribution in [3.63, 3.8) is 0 Å². The van der Waals surface area contributed by atoms with Crippen molar-refractivity contribution >= 4 is 29.0 Å². The summed E-state index contributed by atoms with van der Waals surface area (Å²) in [5.74, 6) is 0. The van der Waals surface area contributed by atoms with E-state index >= 15 is 0 Å². The highest BCUT2D eigenvalue weighted by atomic mass is 32.2. The number of rotatable bonds is 5.